The normalized spacial score (nSPS) is 9.95. The number of anilines is 1. The van der Waals surface area contributed by atoms with Crippen LogP contribution in [-0.4, -0.2) is 0 Å². The van der Waals surface area contributed by atoms with E-state index in [0.717, 1.165) is 5.56 Å². The predicted octanol–water partition coefficient (Wildman–Crippen LogP) is 3.62. The van der Waals surface area contributed by atoms with Gasteiger partial charge in [-0.1, -0.05) is 6.07 Å². The minimum atomic E-state index is -0.318. The van der Waals surface area contributed by atoms with Crippen LogP contribution in [-0.2, 0) is 6.61 Å². The van der Waals surface area contributed by atoms with Gasteiger partial charge >= 0.3 is 0 Å². The lowest BCUT2D eigenvalue weighted by molar-refractivity contribution is 0.307. The van der Waals surface area contributed by atoms with Crippen molar-refractivity contribution in [2.75, 3.05) is 5.73 Å². The zero-order valence-electron chi connectivity index (χ0n) is 9.86. The molecule has 0 saturated heterocycles. The summed E-state index contributed by atoms with van der Waals surface area (Å²) in [5.41, 5.74) is 7.47. The number of ether oxygens (including phenoxy) is 1. The molecule has 0 radical (unpaired) electrons. The topological polar surface area (TPSA) is 59.0 Å². The van der Waals surface area contributed by atoms with E-state index < -0.39 is 0 Å². The van der Waals surface area contributed by atoms with Crippen LogP contribution in [0.2, 0.25) is 0 Å². The van der Waals surface area contributed by atoms with E-state index in [1.165, 1.54) is 6.07 Å². The highest BCUT2D eigenvalue weighted by molar-refractivity contribution is 9.10. The molecule has 2 rings (SSSR count). The Morgan fingerprint density at radius 1 is 1.26 bits per heavy atom. The van der Waals surface area contributed by atoms with E-state index in [4.69, 9.17) is 15.7 Å². The molecule has 5 heteroatoms. The molecule has 0 spiro atoms. The molecule has 2 N–H and O–H groups in total. The van der Waals surface area contributed by atoms with E-state index >= 15 is 0 Å². The highest BCUT2D eigenvalue weighted by Crippen LogP contribution is 2.24. The van der Waals surface area contributed by atoms with Gasteiger partial charge in [0.1, 0.15) is 18.2 Å². The molecule has 0 bridgehead atoms. The van der Waals surface area contributed by atoms with Crippen LogP contribution in [0.15, 0.2) is 40.9 Å². The minimum absolute atomic E-state index is 0.273. The predicted molar refractivity (Wildman–Crippen MR) is 74.0 cm³/mol. The number of nitrogen functional groups attached to an aromatic ring is 1. The van der Waals surface area contributed by atoms with Gasteiger partial charge in [0.2, 0.25) is 0 Å². The van der Waals surface area contributed by atoms with Crippen LogP contribution >= 0.6 is 15.9 Å². The average molecular weight is 321 g/mol. The van der Waals surface area contributed by atoms with Gasteiger partial charge in [-0.05, 0) is 51.8 Å². The first-order chi connectivity index (χ1) is 9.10. The minimum Gasteiger partial charge on any atom is -0.487 e. The molecule has 0 aliphatic rings. The van der Waals surface area contributed by atoms with Gasteiger partial charge in [0, 0.05) is 0 Å². The molecular formula is C14H10BrFN2O. The van der Waals surface area contributed by atoms with Crippen molar-refractivity contribution >= 4 is 21.6 Å². The first-order valence-corrected chi connectivity index (χ1v) is 6.26. The van der Waals surface area contributed by atoms with E-state index in [9.17, 15) is 4.39 Å². The number of hydrogen-bond acceptors (Lipinski definition) is 3. The summed E-state index contributed by atoms with van der Waals surface area (Å²) in [7, 11) is 0. The third kappa shape index (κ3) is 3.24. The van der Waals surface area contributed by atoms with Gasteiger partial charge in [-0.25, -0.2) is 4.39 Å². The van der Waals surface area contributed by atoms with Gasteiger partial charge in [0.25, 0.3) is 0 Å². The van der Waals surface area contributed by atoms with Crippen molar-refractivity contribution in [3.8, 4) is 11.8 Å². The second-order valence-electron chi connectivity index (χ2n) is 3.90. The smallest absolute Gasteiger partial charge is 0.142 e. The first kappa shape index (κ1) is 13.4. The Bertz CT molecular complexity index is 652. The summed E-state index contributed by atoms with van der Waals surface area (Å²) in [6.07, 6.45) is 0. The lowest BCUT2D eigenvalue weighted by Crippen LogP contribution is -1.99. The van der Waals surface area contributed by atoms with Gasteiger partial charge in [-0.3, -0.25) is 0 Å². The largest absolute Gasteiger partial charge is 0.487 e. The number of nitrogens with two attached hydrogens (primary N) is 1. The van der Waals surface area contributed by atoms with E-state index in [-0.39, 0.29) is 12.4 Å². The van der Waals surface area contributed by atoms with E-state index in [0.29, 0.717) is 21.5 Å². The van der Waals surface area contributed by atoms with Gasteiger partial charge in [-0.15, -0.1) is 0 Å². The zero-order chi connectivity index (χ0) is 13.8. The van der Waals surface area contributed by atoms with Gasteiger partial charge in [0.15, 0.2) is 0 Å². The Morgan fingerprint density at radius 2 is 2.05 bits per heavy atom. The van der Waals surface area contributed by atoms with Gasteiger partial charge in [0.05, 0.1) is 21.8 Å². The molecule has 0 heterocycles. The summed E-state index contributed by atoms with van der Waals surface area (Å²) < 4.78 is 19.0. The fourth-order valence-corrected chi connectivity index (χ4v) is 1.97. The maximum absolute atomic E-state index is 13.1. The summed E-state index contributed by atoms with van der Waals surface area (Å²) >= 11 is 3.11. The molecule has 0 unspecified atom stereocenters. The Kier molecular flexibility index (Phi) is 4.03. The molecule has 0 atom stereocenters. The van der Waals surface area contributed by atoms with Crippen molar-refractivity contribution < 1.29 is 9.13 Å². The molecular weight excluding hydrogens is 311 g/mol. The lowest BCUT2D eigenvalue weighted by Gasteiger charge is -2.09. The Balaban J connectivity index is 2.10. The fourth-order valence-electron chi connectivity index (χ4n) is 1.54. The van der Waals surface area contributed by atoms with E-state index in [2.05, 4.69) is 15.9 Å². The van der Waals surface area contributed by atoms with E-state index in [1.807, 2.05) is 6.07 Å². The number of benzene rings is 2. The standard InChI is InChI=1S/C14H10BrFN2O/c15-11-5-10(1-3-12(11)16)8-19-14-4-2-9(7-17)6-13(14)18/h1-6H,8,18H2. The number of rotatable bonds is 3. The second kappa shape index (κ2) is 5.72. The van der Waals surface area contributed by atoms with Crippen LogP contribution in [0.5, 0.6) is 5.75 Å². The highest BCUT2D eigenvalue weighted by atomic mass is 79.9. The van der Waals surface area contributed by atoms with Crippen molar-refractivity contribution in [2.24, 2.45) is 0 Å². The molecule has 2 aromatic carbocycles. The second-order valence-corrected chi connectivity index (χ2v) is 4.76. The molecule has 0 fully saturated rings. The van der Waals surface area contributed by atoms with Gasteiger partial charge < -0.3 is 10.5 Å². The number of nitriles is 1. The highest BCUT2D eigenvalue weighted by Gasteiger charge is 2.04. The SMILES string of the molecule is N#Cc1ccc(OCc2ccc(F)c(Br)c2)c(N)c1. The molecule has 0 aliphatic carbocycles. The summed E-state index contributed by atoms with van der Waals surface area (Å²) in [6.45, 7) is 0.273. The Morgan fingerprint density at radius 3 is 2.68 bits per heavy atom. The van der Waals surface area contributed by atoms with Crippen molar-refractivity contribution in [3.05, 3.63) is 57.8 Å². The van der Waals surface area contributed by atoms with Crippen LogP contribution in [0.3, 0.4) is 0 Å². The summed E-state index contributed by atoms with van der Waals surface area (Å²) in [5.74, 6) is 0.182. The van der Waals surface area contributed by atoms with Crippen LogP contribution in [0, 0.1) is 17.1 Å². The summed E-state index contributed by atoms with van der Waals surface area (Å²) in [5, 5.41) is 8.73. The number of halogens is 2. The van der Waals surface area contributed by atoms with Gasteiger partial charge in [-0.2, -0.15) is 5.26 Å². The lowest BCUT2D eigenvalue weighted by atomic mass is 10.2. The van der Waals surface area contributed by atoms with E-state index in [1.54, 1.807) is 30.3 Å². The molecule has 0 aromatic heterocycles. The third-order valence-electron chi connectivity index (χ3n) is 2.52. The molecule has 19 heavy (non-hydrogen) atoms. The quantitative estimate of drug-likeness (QED) is 0.879. The van der Waals surface area contributed by atoms with Crippen molar-refractivity contribution in [1.29, 1.82) is 5.26 Å². The van der Waals surface area contributed by atoms with Crippen LogP contribution in [0.1, 0.15) is 11.1 Å². The molecule has 0 saturated carbocycles. The monoisotopic (exact) mass is 320 g/mol. The maximum atomic E-state index is 13.1. The maximum Gasteiger partial charge on any atom is 0.142 e. The van der Waals surface area contributed by atoms with Crippen LogP contribution < -0.4 is 10.5 Å². The average Bonchev–Trinajstić information content (AvgIpc) is 2.41. The Hall–Kier alpha value is -2.06. The summed E-state index contributed by atoms with van der Waals surface area (Å²) in [4.78, 5) is 0. The molecule has 0 amide bonds. The number of hydrogen-bond donors (Lipinski definition) is 1. The van der Waals surface area contributed by atoms with Crippen molar-refractivity contribution in [2.45, 2.75) is 6.61 Å². The van der Waals surface area contributed by atoms with Crippen LogP contribution in [0.4, 0.5) is 10.1 Å². The van der Waals surface area contributed by atoms with Crippen molar-refractivity contribution in [1.82, 2.24) is 0 Å². The first-order valence-electron chi connectivity index (χ1n) is 5.46. The Labute approximate surface area is 118 Å². The zero-order valence-corrected chi connectivity index (χ0v) is 11.4. The molecule has 2 aromatic rings. The van der Waals surface area contributed by atoms with Crippen LogP contribution in [0.25, 0.3) is 0 Å². The molecule has 3 nitrogen and oxygen atoms in total. The van der Waals surface area contributed by atoms with Crippen molar-refractivity contribution in [3.63, 3.8) is 0 Å². The third-order valence-corrected chi connectivity index (χ3v) is 3.12. The molecule has 96 valence electrons. The number of nitrogens with zero attached hydrogens (tertiary/aromatic N) is 1. The summed E-state index contributed by atoms with van der Waals surface area (Å²) in [6, 6.07) is 11.5. The molecule has 0 aliphatic heterocycles. The fraction of sp³-hybridized carbons (Fsp3) is 0.0714.